The SMILES string of the molecule is Clc1ccc(Cl)c(N2Cc3cc4c(cc3C2)CN(c2cc(Cl)ccc2Cl)C4)c1. The van der Waals surface area contributed by atoms with E-state index in [1.165, 1.54) is 22.3 Å². The maximum absolute atomic E-state index is 6.40. The minimum Gasteiger partial charge on any atom is -0.362 e. The van der Waals surface area contributed by atoms with Gasteiger partial charge in [0.25, 0.3) is 0 Å². The van der Waals surface area contributed by atoms with Crippen molar-refractivity contribution in [3.63, 3.8) is 0 Å². The summed E-state index contributed by atoms with van der Waals surface area (Å²) in [6.07, 6.45) is 0. The fraction of sp³-hybridized carbons (Fsp3) is 0.182. The van der Waals surface area contributed by atoms with Gasteiger partial charge < -0.3 is 9.80 Å². The fourth-order valence-corrected chi connectivity index (χ4v) is 4.92. The molecule has 0 bridgehead atoms. The molecule has 0 saturated heterocycles. The first-order chi connectivity index (χ1) is 13.5. The van der Waals surface area contributed by atoms with Crippen LogP contribution >= 0.6 is 46.4 Å². The van der Waals surface area contributed by atoms with E-state index in [0.29, 0.717) is 10.0 Å². The van der Waals surface area contributed by atoms with Crippen molar-refractivity contribution in [1.82, 2.24) is 0 Å². The van der Waals surface area contributed by atoms with Crippen LogP contribution in [-0.4, -0.2) is 0 Å². The van der Waals surface area contributed by atoms with Crippen molar-refractivity contribution in [2.45, 2.75) is 26.2 Å². The number of halogens is 4. The number of hydrogen-bond acceptors (Lipinski definition) is 2. The summed E-state index contributed by atoms with van der Waals surface area (Å²) in [6, 6.07) is 15.9. The lowest BCUT2D eigenvalue weighted by atomic mass is 10.0. The van der Waals surface area contributed by atoms with Crippen LogP contribution in [0.4, 0.5) is 11.4 Å². The molecule has 0 saturated carbocycles. The lowest BCUT2D eigenvalue weighted by molar-refractivity contribution is 0.868. The normalized spacial score (nSPS) is 15.1. The molecule has 2 heterocycles. The standard InChI is InChI=1S/C22H16Cl4N2/c23-17-1-3-19(25)21(7-17)27-9-13-5-15-11-28(12-16(15)6-14(13)10-27)22-8-18(24)2-4-20(22)26/h1-8H,9-12H2. The molecule has 0 N–H and O–H groups in total. The minimum atomic E-state index is 0.701. The van der Waals surface area contributed by atoms with Crippen molar-refractivity contribution in [3.8, 4) is 0 Å². The van der Waals surface area contributed by atoms with E-state index in [1.807, 2.05) is 36.4 Å². The summed E-state index contributed by atoms with van der Waals surface area (Å²) < 4.78 is 0. The average Bonchev–Trinajstić information content (AvgIpc) is 3.26. The molecule has 0 radical (unpaired) electrons. The molecule has 3 aromatic carbocycles. The molecule has 5 rings (SSSR count). The largest absolute Gasteiger partial charge is 0.362 e. The van der Waals surface area contributed by atoms with Crippen LogP contribution in [0.3, 0.4) is 0 Å². The molecule has 2 aliphatic rings. The summed E-state index contributed by atoms with van der Waals surface area (Å²) >= 11 is 25.2. The van der Waals surface area contributed by atoms with Gasteiger partial charge in [0.2, 0.25) is 0 Å². The predicted octanol–water partition coefficient (Wildman–Crippen LogP) is 7.34. The molecule has 0 amide bonds. The molecule has 28 heavy (non-hydrogen) atoms. The molecule has 0 aromatic heterocycles. The molecule has 0 spiro atoms. The van der Waals surface area contributed by atoms with E-state index in [2.05, 4.69) is 21.9 Å². The molecule has 0 aliphatic carbocycles. The molecule has 2 nitrogen and oxygen atoms in total. The highest BCUT2D eigenvalue weighted by Gasteiger charge is 2.27. The van der Waals surface area contributed by atoms with Crippen LogP contribution in [0, 0.1) is 0 Å². The van der Waals surface area contributed by atoms with Crippen molar-refractivity contribution in [2.75, 3.05) is 9.80 Å². The number of nitrogens with zero attached hydrogens (tertiary/aromatic N) is 2. The third kappa shape index (κ3) is 3.23. The molecule has 0 atom stereocenters. The Balaban J connectivity index is 1.42. The summed E-state index contributed by atoms with van der Waals surface area (Å²) in [5.74, 6) is 0. The number of hydrogen-bond donors (Lipinski definition) is 0. The first kappa shape index (κ1) is 18.4. The number of anilines is 2. The van der Waals surface area contributed by atoms with E-state index < -0.39 is 0 Å². The zero-order valence-electron chi connectivity index (χ0n) is 14.9. The summed E-state index contributed by atoms with van der Waals surface area (Å²) in [6.45, 7) is 3.34. The Kier molecular flexibility index (Phi) is 4.64. The van der Waals surface area contributed by atoms with E-state index in [1.54, 1.807) is 0 Å². The third-order valence-corrected chi connectivity index (χ3v) is 6.57. The van der Waals surface area contributed by atoms with Crippen LogP contribution in [0.25, 0.3) is 0 Å². The van der Waals surface area contributed by atoms with Crippen LogP contribution in [0.2, 0.25) is 20.1 Å². The van der Waals surface area contributed by atoms with Crippen molar-refractivity contribution in [1.29, 1.82) is 0 Å². The van der Waals surface area contributed by atoms with Gasteiger partial charge in [-0.05, 0) is 58.7 Å². The van der Waals surface area contributed by atoms with E-state index in [9.17, 15) is 0 Å². The summed E-state index contributed by atoms with van der Waals surface area (Å²) in [4.78, 5) is 4.55. The Morgan fingerprint density at radius 1 is 0.500 bits per heavy atom. The van der Waals surface area contributed by atoms with E-state index in [-0.39, 0.29) is 0 Å². The van der Waals surface area contributed by atoms with E-state index in [0.717, 1.165) is 47.6 Å². The van der Waals surface area contributed by atoms with Crippen LogP contribution < -0.4 is 9.80 Å². The predicted molar refractivity (Wildman–Crippen MR) is 119 cm³/mol. The van der Waals surface area contributed by atoms with Crippen LogP contribution in [-0.2, 0) is 26.2 Å². The summed E-state index contributed by atoms with van der Waals surface area (Å²) in [5, 5.41) is 2.86. The zero-order chi connectivity index (χ0) is 19.4. The van der Waals surface area contributed by atoms with Crippen molar-refractivity contribution in [2.24, 2.45) is 0 Å². The first-order valence-corrected chi connectivity index (χ1v) is 10.5. The van der Waals surface area contributed by atoms with Crippen LogP contribution in [0.5, 0.6) is 0 Å². The van der Waals surface area contributed by atoms with Gasteiger partial charge in [-0.15, -0.1) is 0 Å². The Hall–Kier alpha value is -1.58. The van der Waals surface area contributed by atoms with Gasteiger partial charge in [-0.1, -0.05) is 58.5 Å². The second-order valence-electron chi connectivity index (χ2n) is 7.29. The van der Waals surface area contributed by atoms with Gasteiger partial charge >= 0.3 is 0 Å². The highest BCUT2D eigenvalue weighted by Crippen LogP contribution is 2.39. The van der Waals surface area contributed by atoms with Gasteiger partial charge in [-0.2, -0.15) is 0 Å². The van der Waals surface area contributed by atoms with Crippen molar-refractivity contribution >= 4 is 57.8 Å². The smallest absolute Gasteiger partial charge is 0.0640 e. The number of benzene rings is 3. The van der Waals surface area contributed by atoms with Gasteiger partial charge in [-0.3, -0.25) is 0 Å². The quantitative estimate of drug-likeness (QED) is 0.403. The second kappa shape index (κ2) is 7.03. The van der Waals surface area contributed by atoms with Gasteiger partial charge in [0, 0.05) is 36.2 Å². The van der Waals surface area contributed by atoms with Crippen molar-refractivity contribution in [3.05, 3.63) is 90.9 Å². The minimum absolute atomic E-state index is 0.701. The van der Waals surface area contributed by atoms with Crippen molar-refractivity contribution < 1.29 is 0 Å². The Morgan fingerprint density at radius 3 is 1.21 bits per heavy atom. The molecular weight excluding hydrogens is 434 g/mol. The average molecular weight is 450 g/mol. The number of fused-ring (bicyclic) bond motifs is 2. The number of rotatable bonds is 2. The van der Waals surface area contributed by atoms with Crippen LogP contribution in [0.15, 0.2) is 48.5 Å². The van der Waals surface area contributed by atoms with E-state index >= 15 is 0 Å². The molecule has 142 valence electrons. The molecule has 0 fully saturated rings. The van der Waals surface area contributed by atoms with Gasteiger partial charge in [-0.25, -0.2) is 0 Å². The van der Waals surface area contributed by atoms with Gasteiger partial charge in [0.1, 0.15) is 0 Å². The summed E-state index contributed by atoms with van der Waals surface area (Å²) in [5.41, 5.74) is 7.33. The summed E-state index contributed by atoms with van der Waals surface area (Å²) in [7, 11) is 0. The highest BCUT2D eigenvalue weighted by molar-refractivity contribution is 6.35. The molecule has 3 aromatic rings. The topological polar surface area (TPSA) is 6.48 Å². The first-order valence-electron chi connectivity index (χ1n) is 9.01. The van der Waals surface area contributed by atoms with Crippen LogP contribution in [0.1, 0.15) is 22.3 Å². The Bertz CT molecular complexity index is 978. The second-order valence-corrected chi connectivity index (χ2v) is 8.98. The Labute approximate surface area is 184 Å². The monoisotopic (exact) mass is 448 g/mol. The fourth-order valence-electron chi connectivity index (χ4n) is 4.11. The highest BCUT2D eigenvalue weighted by atomic mass is 35.5. The third-order valence-electron chi connectivity index (χ3n) is 5.46. The van der Waals surface area contributed by atoms with E-state index in [4.69, 9.17) is 46.4 Å². The zero-order valence-corrected chi connectivity index (χ0v) is 17.9. The maximum Gasteiger partial charge on any atom is 0.0640 e. The van der Waals surface area contributed by atoms with Gasteiger partial charge in [0.05, 0.1) is 21.4 Å². The molecule has 0 unspecified atom stereocenters. The maximum atomic E-state index is 6.40. The molecule has 6 heteroatoms. The molecular formula is C22H16Cl4N2. The lowest BCUT2D eigenvalue weighted by Crippen LogP contribution is -2.15. The van der Waals surface area contributed by atoms with Gasteiger partial charge in [0.15, 0.2) is 0 Å². The molecule has 2 aliphatic heterocycles. The lowest BCUT2D eigenvalue weighted by Gasteiger charge is -2.20. The Morgan fingerprint density at radius 2 is 0.857 bits per heavy atom.